The van der Waals surface area contributed by atoms with Gasteiger partial charge in [-0.2, -0.15) is 0 Å². The van der Waals surface area contributed by atoms with Crippen molar-refractivity contribution in [3.05, 3.63) is 29.3 Å². The second kappa shape index (κ2) is 6.79. The summed E-state index contributed by atoms with van der Waals surface area (Å²) in [7, 11) is 0. The largest absolute Gasteiger partial charge is 0.491 e. The van der Waals surface area contributed by atoms with Gasteiger partial charge in [0, 0.05) is 0 Å². The molecule has 102 valence electrons. The van der Waals surface area contributed by atoms with Gasteiger partial charge in [0.2, 0.25) is 0 Å². The van der Waals surface area contributed by atoms with Gasteiger partial charge in [-0.3, -0.25) is 0 Å². The number of hydrogen-bond donors (Lipinski definition) is 1. The van der Waals surface area contributed by atoms with Gasteiger partial charge in [0.1, 0.15) is 12.4 Å². The predicted octanol–water partition coefficient (Wildman–Crippen LogP) is 3.90. The Hall–Kier alpha value is -1.02. The van der Waals surface area contributed by atoms with Crippen molar-refractivity contribution in [1.82, 2.24) is 0 Å². The van der Waals surface area contributed by atoms with Crippen molar-refractivity contribution in [2.45, 2.75) is 53.1 Å². The SMILES string of the molecule is CCC(C)C(O)COc1cc(C(C)C)ccc1C. The molecule has 0 heterocycles. The fourth-order valence-corrected chi connectivity index (χ4v) is 1.74. The van der Waals surface area contributed by atoms with Gasteiger partial charge in [0.25, 0.3) is 0 Å². The Morgan fingerprint density at radius 2 is 1.89 bits per heavy atom. The lowest BCUT2D eigenvalue weighted by Gasteiger charge is -2.19. The lowest BCUT2D eigenvalue weighted by Crippen LogP contribution is -2.25. The van der Waals surface area contributed by atoms with Crippen LogP contribution in [0, 0.1) is 12.8 Å². The van der Waals surface area contributed by atoms with Crippen molar-refractivity contribution in [1.29, 1.82) is 0 Å². The Labute approximate surface area is 111 Å². The van der Waals surface area contributed by atoms with E-state index in [2.05, 4.69) is 39.0 Å². The molecule has 2 nitrogen and oxygen atoms in total. The van der Waals surface area contributed by atoms with Crippen LogP contribution < -0.4 is 4.74 Å². The first-order valence-corrected chi connectivity index (χ1v) is 6.87. The van der Waals surface area contributed by atoms with Crippen LogP contribution in [0.2, 0.25) is 0 Å². The third-order valence-electron chi connectivity index (χ3n) is 3.59. The normalized spacial score (nSPS) is 14.6. The number of hydrogen-bond acceptors (Lipinski definition) is 2. The molecule has 0 fully saturated rings. The molecule has 2 unspecified atom stereocenters. The zero-order chi connectivity index (χ0) is 13.7. The van der Waals surface area contributed by atoms with Crippen LogP contribution in [-0.4, -0.2) is 17.8 Å². The average Bonchev–Trinajstić information content (AvgIpc) is 2.36. The van der Waals surface area contributed by atoms with E-state index in [0.717, 1.165) is 17.7 Å². The van der Waals surface area contributed by atoms with Gasteiger partial charge in [0.15, 0.2) is 0 Å². The van der Waals surface area contributed by atoms with Crippen LogP contribution in [0.5, 0.6) is 5.75 Å². The number of aliphatic hydroxyl groups is 1. The minimum absolute atomic E-state index is 0.276. The summed E-state index contributed by atoms with van der Waals surface area (Å²) in [5, 5.41) is 9.92. The molecule has 0 bridgehead atoms. The average molecular weight is 250 g/mol. The summed E-state index contributed by atoms with van der Waals surface area (Å²) >= 11 is 0. The monoisotopic (exact) mass is 250 g/mol. The van der Waals surface area contributed by atoms with E-state index in [1.54, 1.807) is 0 Å². The zero-order valence-corrected chi connectivity index (χ0v) is 12.2. The highest BCUT2D eigenvalue weighted by Crippen LogP contribution is 2.24. The van der Waals surface area contributed by atoms with Gasteiger partial charge in [-0.15, -0.1) is 0 Å². The molecule has 0 saturated heterocycles. The quantitative estimate of drug-likeness (QED) is 0.829. The van der Waals surface area contributed by atoms with E-state index in [-0.39, 0.29) is 5.92 Å². The molecule has 0 amide bonds. The number of rotatable bonds is 6. The van der Waals surface area contributed by atoms with E-state index in [4.69, 9.17) is 4.74 Å². The summed E-state index contributed by atoms with van der Waals surface area (Å²) in [4.78, 5) is 0. The fourth-order valence-electron chi connectivity index (χ4n) is 1.74. The van der Waals surface area contributed by atoms with Crippen LogP contribution in [0.4, 0.5) is 0 Å². The molecule has 2 atom stereocenters. The Balaban J connectivity index is 2.69. The van der Waals surface area contributed by atoms with E-state index < -0.39 is 6.10 Å². The van der Waals surface area contributed by atoms with Gasteiger partial charge >= 0.3 is 0 Å². The summed E-state index contributed by atoms with van der Waals surface area (Å²) < 4.78 is 5.76. The molecule has 1 aromatic rings. The maximum Gasteiger partial charge on any atom is 0.122 e. The standard InChI is InChI=1S/C16H26O2/c1-6-12(4)15(17)10-18-16-9-14(11(2)3)8-7-13(16)5/h7-9,11-12,15,17H,6,10H2,1-5H3. The predicted molar refractivity (Wildman–Crippen MR) is 76.2 cm³/mol. The molecule has 1 rings (SSSR count). The highest BCUT2D eigenvalue weighted by Gasteiger charge is 2.13. The molecule has 1 aromatic carbocycles. The second-order valence-electron chi connectivity index (χ2n) is 5.44. The highest BCUT2D eigenvalue weighted by molar-refractivity contribution is 5.37. The smallest absolute Gasteiger partial charge is 0.122 e. The third-order valence-corrected chi connectivity index (χ3v) is 3.59. The van der Waals surface area contributed by atoms with Gasteiger partial charge in [-0.05, 0) is 36.0 Å². The molecule has 2 heteroatoms. The summed E-state index contributed by atoms with van der Waals surface area (Å²) in [5.41, 5.74) is 2.39. The van der Waals surface area contributed by atoms with Crippen molar-refractivity contribution in [3.8, 4) is 5.75 Å². The Morgan fingerprint density at radius 1 is 1.22 bits per heavy atom. The van der Waals surface area contributed by atoms with E-state index in [0.29, 0.717) is 12.5 Å². The highest BCUT2D eigenvalue weighted by atomic mass is 16.5. The topological polar surface area (TPSA) is 29.5 Å². The molecule has 0 radical (unpaired) electrons. The molecule has 0 spiro atoms. The fraction of sp³-hybridized carbons (Fsp3) is 0.625. The van der Waals surface area contributed by atoms with E-state index in [9.17, 15) is 5.11 Å². The Morgan fingerprint density at radius 3 is 2.44 bits per heavy atom. The summed E-state index contributed by atoms with van der Waals surface area (Å²) in [6.07, 6.45) is 0.576. The van der Waals surface area contributed by atoms with E-state index in [1.807, 2.05) is 13.8 Å². The van der Waals surface area contributed by atoms with E-state index >= 15 is 0 Å². The zero-order valence-electron chi connectivity index (χ0n) is 12.2. The molecule has 18 heavy (non-hydrogen) atoms. The number of aryl methyl sites for hydroxylation is 1. The van der Waals surface area contributed by atoms with Crippen LogP contribution in [0.15, 0.2) is 18.2 Å². The molecule has 1 N–H and O–H groups in total. The first-order chi connectivity index (χ1) is 8.45. The molecule has 0 aliphatic rings. The van der Waals surface area contributed by atoms with Crippen molar-refractivity contribution in [3.63, 3.8) is 0 Å². The number of ether oxygens (including phenoxy) is 1. The van der Waals surface area contributed by atoms with Gasteiger partial charge in [-0.1, -0.05) is 46.2 Å². The lowest BCUT2D eigenvalue weighted by molar-refractivity contribution is 0.0619. The molecule has 0 aliphatic carbocycles. The van der Waals surface area contributed by atoms with Gasteiger partial charge in [-0.25, -0.2) is 0 Å². The number of benzene rings is 1. The third kappa shape index (κ3) is 4.02. The van der Waals surface area contributed by atoms with Crippen LogP contribution in [0.25, 0.3) is 0 Å². The lowest BCUT2D eigenvalue weighted by atomic mass is 10.0. The Bertz CT molecular complexity index is 371. The maximum absolute atomic E-state index is 9.92. The molecule has 0 saturated carbocycles. The van der Waals surface area contributed by atoms with Crippen LogP contribution >= 0.6 is 0 Å². The second-order valence-corrected chi connectivity index (χ2v) is 5.44. The van der Waals surface area contributed by atoms with Gasteiger partial charge < -0.3 is 9.84 Å². The molecule has 0 aliphatic heterocycles. The van der Waals surface area contributed by atoms with Crippen molar-refractivity contribution in [2.24, 2.45) is 5.92 Å². The van der Waals surface area contributed by atoms with Gasteiger partial charge in [0.05, 0.1) is 6.10 Å². The Kier molecular flexibility index (Phi) is 5.67. The summed E-state index contributed by atoms with van der Waals surface area (Å²) in [5.74, 6) is 1.66. The van der Waals surface area contributed by atoms with Crippen molar-refractivity contribution >= 4 is 0 Å². The van der Waals surface area contributed by atoms with Crippen LogP contribution in [0.1, 0.15) is 51.2 Å². The van der Waals surface area contributed by atoms with E-state index in [1.165, 1.54) is 5.56 Å². The first kappa shape index (κ1) is 15.0. The molecular formula is C16H26O2. The minimum Gasteiger partial charge on any atom is -0.491 e. The number of aliphatic hydroxyl groups excluding tert-OH is 1. The summed E-state index contributed by atoms with van der Waals surface area (Å²) in [6, 6.07) is 6.31. The first-order valence-electron chi connectivity index (χ1n) is 6.87. The molecule has 0 aromatic heterocycles. The molecular weight excluding hydrogens is 224 g/mol. The van der Waals surface area contributed by atoms with Crippen molar-refractivity contribution < 1.29 is 9.84 Å². The van der Waals surface area contributed by atoms with Crippen molar-refractivity contribution in [2.75, 3.05) is 6.61 Å². The minimum atomic E-state index is -0.392. The van der Waals surface area contributed by atoms with Crippen LogP contribution in [0.3, 0.4) is 0 Å². The summed E-state index contributed by atoms with van der Waals surface area (Å²) in [6.45, 7) is 10.9. The maximum atomic E-state index is 9.92. The van der Waals surface area contributed by atoms with Crippen LogP contribution in [-0.2, 0) is 0 Å².